The summed E-state index contributed by atoms with van der Waals surface area (Å²) in [6, 6.07) is 12.8. The van der Waals surface area contributed by atoms with E-state index in [4.69, 9.17) is 9.47 Å². The number of benzene rings is 2. The summed E-state index contributed by atoms with van der Waals surface area (Å²) in [6.07, 6.45) is 33.3. The van der Waals surface area contributed by atoms with Crippen molar-refractivity contribution in [2.45, 2.75) is 162 Å². The van der Waals surface area contributed by atoms with Gasteiger partial charge in [0.15, 0.2) is 5.78 Å². The van der Waals surface area contributed by atoms with Crippen LogP contribution in [0.4, 0.5) is 0 Å². The monoisotopic (exact) mass is 634 g/mol. The first-order valence-electron chi connectivity index (χ1n) is 19.1. The van der Waals surface area contributed by atoms with Gasteiger partial charge in [-0.25, -0.2) is 0 Å². The van der Waals surface area contributed by atoms with E-state index in [1.807, 2.05) is 24.3 Å². The first-order valence-corrected chi connectivity index (χ1v) is 19.1. The van der Waals surface area contributed by atoms with Crippen molar-refractivity contribution in [2.75, 3.05) is 13.2 Å². The van der Waals surface area contributed by atoms with Crippen LogP contribution in [0.15, 0.2) is 48.5 Å². The Balaban J connectivity index is 1.61. The Morgan fingerprint density at radius 3 is 1.48 bits per heavy atom. The molecule has 2 aromatic carbocycles. The molecule has 0 atom stereocenters. The van der Waals surface area contributed by atoms with Crippen molar-refractivity contribution in [2.24, 2.45) is 0 Å². The van der Waals surface area contributed by atoms with E-state index >= 15 is 0 Å². The fourth-order valence-electron chi connectivity index (χ4n) is 5.90. The molecule has 2 aromatic rings. The highest BCUT2D eigenvalue weighted by Gasteiger charge is 2.15. The van der Waals surface area contributed by atoms with Crippen molar-refractivity contribution in [3.8, 4) is 17.2 Å². The van der Waals surface area contributed by atoms with Crippen LogP contribution in [0.2, 0.25) is 0 Å². The van der Waals surface area contributed by atoms with E-state index in [0.717, 1.165) is 37.2 Å². The molecular formula is C42H66O4. The minimum Gasteiger partial charge on any atom is -0.507 e. The van der Waals surface area contributed by atoms with Crippen LogP contribution < -0.4 is 9.47 Å². The van der Waals surface area contributed by atoms with Gasteiger partial charge in [-0.3, -0.25) is 4.79 Å². The number of rotatable bonds is 30. The van der Waals surface area contributed by atoms with Gasteiger partial charge in [-0.2, -0.15) is 0 Å². The third kappa shape index (κ3) is 19.0. The highest BCUT2D eigenvalue weighted by molar-refractivity contribution is 6.10. The fourth-order valence-corrected chi connectivity index (χ4v) is 5.90. The highest BCUT2D eigenvalue weighted by atomic mass is 16.5. The van der Waals surface area contributed by atoms with Gasteiger partial charge in [0, 0.05) is 0 Å². The average Bonchev–Trinajstić information content (AvgIpc) is 3.07. The van der Waals surface area contributed by atoms with Crippen molar-refractivity contribution in [1.82, 2.24) is 0 Å². The number of hydrogen-bond acceptors (Lipinski definition) is 4. The van der Waals surface area contributed by atoms with Crippen LogP contribution in [-0.2, 0) is 0 Å². The molecule has 0 aromatic heterocycles. The Morgan fingerprint density at radius 1 is 0.565 bits per heavy atom. The molecule has 2 rings (SSSR count). The zero-order valence-electron chi connectivity index (χ0n) is 29.5. The van der Waals surface area contributed by atoms with E-state index < -0.39 is 0 Å². The van der Waals surface area contributed by atoms with Crippen molar-refractivity contribution in [1.29, 1.82) is 0 Å². The van der Waals surface area contributed by atoms with E-state index in [9.17, 15) is 9.90 Å². The van der Waals surface area contributed by atoms with E-state index in [1.165, 1.54) is 134 Å². The molecule has 0 radical (unpaired) electrons. The fraction of sp³-hybridized carbons (Fsp3) is 0.643. The van der Waals surface area contributed by atoms with Gasteiger partial charge in [0.05, 0.1) is 13.2 Å². The van der Waals surface area contributed by atoms with E-state index in [-0.39, 0.29) is 17.1 Å². The van der Waals surface area contributed by atoms with Crippen LogP contribution in [0.5, 0.6) is 17.2 Å². The first-order chi connectivity index (χ1) is 22.7. The summed E-state index contributed by atoms with van der Waals surface area (Å²) in [5.74, 6) is 0.987. The first kappa shape index (κ1) is 39.4. The van der Waals surface area contributed by atoms with Gasteiger partial charge < -0.3 is 14.6 Å². The Labute approximate surface area is 282 Å². The van der Waals surface area contributed by atoms with Crippen molar-refractivity contribution in [3.63, 3.8) is 0 Å². The second kappa shape index (κ2) is 27.4. The zero-order valence-corrected chi connectivity index (χ0v) is 29.5. The van der Waals surface area contributed by atoms with Crippen molar-refractivity contribution in [3.05, 3.63) is 59.7 Å². The predicted octanol–water partition coefficient (Wildman–Crippen LogP) is 13.1. The molecule has 258 valence electrons. The summed E-state index contributed by atoms with van der Waals surface area (Å²) >= 11 is 0. The number of aromatic hydroxyl groups is 1. The molecule has 0 saturated carbocycles. The summed E-state index contributed by atoms with van der Waals surface area (Å²) in [7, 11) is 0. The number of phenols is 1. The van der Waals surface area contributed by atoms with Gasteiger partial charge in [0.1, 0.15) is 22.8 Å². The molecule has 4 heteroatoms. The van der Waals surface area contributed by atoms with Crippen LogP contribution in [0, 0.1) is 0 Å². The van der Waals surface area contributed by atoms with Crippen LogP contribution in [0.1, 0.15) is 177 Å². The van der Waals surface area contributed by atoms with E-state index in [0.29, 0.717) is 12.4 Å². The van der Waals surface area contributed by atoms with Crippen LogP contribution in [-0.4, -0.2) is 24.1 Å². The topological polar surface area (TPSA) is 55.8 Å². The number of ether oxygens (including phenoxy) is 2. The number of allylic oxidation sites excluding steroid dienone is 1. The predicted molar refractivity (Wildman–Crippen MR) is 196 cm³/mol. The molecule has 0 spiro atoms. The van der Waals surface area contributed by atoms with Gasteiger partial charge in [-0.05, 0) is 48.7 Å². The summed E-state index contributed by atoms with van der Waals surface area (Å²) in [5.41, 5.74) is 1.13. The molecule has 0 amide bonds. The Kier molecular flexibility index (Phi) is 23.5. The Bertz CT molecular complexity index is 1040. The number of phenolic OH excluding ortho intramolecular Hbond substituents is 1. The minimum atomic E-state index is -0.264. The molecule has 0 aliphatic rings. The lowest BCUT2D eigenvalue weighted by atomic mass is 10.1. The molecule has 0 fully saturated rings. The molecule has 0 bridgehead atoms. The maximum atomic E-state index is 13.0. The van der Waals surface area contributed by atoms with Gasteiger partial charge in [0.25, 0.3) is 0 Å². The van der Waals surface area contributed by atoms with Gasteiger partial charge in [-0.1, -0.05) is 173 Å². The summed E-state index contributed by atoms with van der Waals surface area (Å²) in [4.78, 5) is 13.0. The third-order valence-electron chi connectivity index (χ3n) is 8.83. The average molecular weight is 635 g/mol. The zero-order chi connectivity index (χ0) is 32.9. The second-order valence-corrected chi connectivity index (χ2v) is 13.0. The summed E-state index contributed by atoms with van der Waals surface area (Å²) in [5, 5.41) is 10.5. The largest absolute Gasteiger partial charge is 0.507 e. The molecule has 0 heterocycles. The van der Waals surface area contributed by atoms with Crippen LogP contribution in [0.3, 0.4) is 0 Å². The quantitative estimate of drug-likeness (QED) is 0.0528. The minimum absolute atomic E-state index is 0.0481. The Morgan fingerprint density at radius 2 is 1.00 bits per heavy atom. The number of unbranched alkanes of at least 4 members (excludes halogenated alkanes) is 21. The number of carbonyl (C=O) groups excluding carboxylic acids is 1. The van der Waals surface area contributed by atoms with Gasteiger partial charge in [0.2, 0.25) is 0 Å². The number of carbonyl (C=O) groups is 1. The molecular weight excluding hydrogens is 568 g/mol. The number of hydrogen-bond donors (Lipinski definition) is 1. The molecule has 4 nitrogen and oxygen atoms in total. The van der Waals surface area contributed by atoms with Crippen LogP contribution >= 0.6 is 0 Å². The SMILES string of the molecule is CCCCCCCCCCCCCCOc1cccc(O)c1C(=O)C=Cc1ccc(OCCCCCCCCCCCCC)cc1. The lowest BCUT2D eigenvalue weighted by Gasteiger charge is -2.11. The standard InChI is InChI=1S/C42H66O4/c1-3-5-7-9-11-13-15-17-19-21-23-25-36-46-41-28-26-27-39(43)42(41)40(44)34-31-37-29-32-38(33-30-37)45-35-24-22-20-18-16-14-12-10-8-6-4-2/h26-34,43H,3-25,35-36H2,1-2H3. The summed E-state index contributed by atoms with van der Waals surface area (Å²) in [6.45, 7) is 5.82. The van der Waals surface area contributed by atoms with E-state index in [2.05, 4.69) is 13.8 Å². The smallest absolute Gasteiger partial charge is 0.193 e. The van der Waals surface area contributed by atoms with Crippen LogP contribution in [0.25, 0.3) is 6.08 Å². The maximum Gasteiger partial charge on any atom is 0.193 e. The lowest BCUT2D eigenvalue weighted by molar-refractivity contribution is 0.104. The summed E-state index contributed by atoms with van der Waals surface area (Å²) < 4.78 is 11.9. The second-order valence-electron chi connectivity index (χ2n) is 13.0. The Hall–Kier alpha value is -2.75. The lowest BCUT2D eigenvalue weighted by Crippen LogP contribution is -2.04. The normalized spacial score (nSPS) is 11.3. The molecule has 1 N–H and O–H groups in total. The highest BCUT2D eigenvalue weighted by Crippen LogP contribution is 2.29. The van der Waals surface area contributed by atoms with Crippen molar-refractivity contribution >= 4 is 11.9 Å². The molecule has 0 unspecified atom stereocenters. The maximum absolute atomic E-state index is 13.0. The van der Waals surface area contributed by atoms with Gasteiger partial charge in [-0.15, -0.1) is 0 Å². The molecule has 46 heavy (non-hydrogen) atoms. The molecule has 0 saturated heterocycles. The van der Waals surface area contributed by atoms with Gasteiger partial charge >= 0.3 is 0 Å². The van der Waals surface area contributed by atoms with Crippen molar-refractivity contribution < 1.29 is 19.4 Å². The number of ketones is 1. The molecule has 0 aliphatic carbocycles. The molecule has 0 aliphatic heterocycles. The third-order valence-corrected chi connectivity index (χ3v) is 8.83. The van der Waals surface area contributed by atoms with E-state index in [1.54, 1.807) is 24.3 Å².